The molecule has 2 rings (SSSR count). The van der Waals surface area contributed by atoms with Gasteiger partial charge in [0.15, 0.2) is 0 Å². The van der Waals surface area contributed by atoms with E-state index < -0.39 is 0 Å². The van der Waals surface area contributed by atoms with Crippen molar-refractivity contribution in [2.45, 2.75) is 0 Å². The molecule has 3 N–H and O–H groups in total. The molecule has 0 fully saturated rings. The van der Waals surface area contributed by atoms with Gasteiger partial charge in [-0.1, -0.05) is 18.2 Å². The summed E-state index contributed by atoms with van der Waals surface area (Å²) in [6.45, 7) is 0. The van der Waals surface area contributed by atoms with Crippen LogP contribution >= 0.6 is 0 Å². The molecular formula is C12H11FN2. The van der Waals surface area contributed by atoms with Gasteiger partial charge < -0.3 is 11.1 Å². The highest BCUT2D eigenvalue weighted by molar-refractivity contribution is 5.62. The third-order valence-corrected chi connectivity index (χ3v) is 2.05. The number of anilines is 3. The lowest BCUT2D eigenvalue weighted by Gasteiger charge is -2.07. The number of rotatable bonds is 2. The lowest BCUT2D eigenvalue weighted by molar-refractivity contribution is 0.632. The Morgan fingerprint density at radius 3 is 2.40 bits per heavy atom. The van der Waals surface area contributed by atoms with Crippen molar-refractivity contribution in [2.75, 3.05) is 11.1 Å². The van der Waals surface area contributed by atoms with Gasteiger partial charge in [0.25, 0.3) is 0 Å². The maximum absolute atomic E-state index is 13.4. The van der Waals surface area contributed by atoms with Gasteiger partial charge in [0.05, 0.1) is 5.69 Å². The first-order chi connectivity index (χ1) is 7.25. The second-order valence-electron chi connectivity index (χ2n) is 3.23. The first-order valence-electron chi connectivity index (χ1n) is 4.63. The van der Waals surface area contributed by atoms with E-state index >= 15 is 0 Å². The Bertz CT molecular complexity index is 454. The van der Waals surface area contributed by atoms with Crippen molar-refractivity contribution in [1.82, 2.24) is 0 Å². The summed E-state index contributed by atoms with van der Waals surface area (Å²) >= 11 is 0. The summed E-state index contributed by atoms with van der Waals surface area (Å²) in [5, 5.41) is 2.97. The van der Waals surface area contributed by atoms with Crippen LogP contribution in [0.15, 0.2) is 48.5 Å². The largest absolute Gasteiger partial charge is 0.399 e. The molecule has 3 heteroatoms. The summed E-state index contributed by atoms with van der Waals surface area (Å²) in [5.41, 5.74) is 7.15. The molecule has 0 aliphatic rings. The predicted octanol–water partition coefficient (Wildman–Crippen LogP) is 3.15. The second kappa shape index (κ2) is 4.00. The highest BCUT2D eigenvalue weighted by Crippen LogP contribution is 2.21. The lowest BCUT2D eigenvalue weighted by atomic mass is 10.2. The van der Waals surface area contributed by atoms with Crippen LogP contribution in [0.5, 0.6) is 0 Å². The van der Waals surface area contributed by atoms with Crippen LogP contribution in [0.1, 0.15) is 0 Å². The molecule has 0 amide bonds. The van der Waals surface area contributed by atoms with E-state index in [2.05, 4.69) is 5.32 Å². The van der Waals surface area contributed by atoms with Gasteiger partial charge in [-0.15, -0.1) is 0 Å². The number of nitrogen functional groups attached to an aromatic ring is 1. The average Bonchev–Trinajstić information content (AvgIpc) is 2.24. The van der Waals surface area contributed by atoms with Crippen molar-refractivity contribution in [3.05, 3.63) is 54.3 Å². The standard InChI is InChI=1S/C12H11FN2/c13-11-8-9(14)6-7-12(11)15-10-4-2-1-3-5-10/h1-8,15H,14H2. The van der Waals surface area contributed by atoms with Crippen molar-refractivity contribution in [3.8, 4) is 0 Å². The van der Waals surface area contributed by atoms with Crippen LogP contribution in [-0.4, -0.2) is 0 Å². The molecule has 0 bridgehead atoms. The third-order valence-electron chi connectivity index (χ3n) is 2.05. The lowest BCUT2D eigenvalue weighted by Crippen LogP contribution is -1.94. The van der Waals surface area contributed by atoms with Gasteiger partial charge in [-0.25, -0.2) is 4.39 Å². The van der Waals surface area contributed by atoms with Gasteiger partial charge in [-0.2, -0.15) is 0 Å². The van der Waals surface area contributed by atoms with E-state index in [1.165, 1.54) is 6.07 Å². The Balaban J connectivity index is 2.25. The number of hydrogen-bond acceptors (Lipinski definition) is 2. The van der Waals surface area contributed by atoms with E-state index in [1.807, 2.05) is 30.3 Å². The van der Waals surface area contributed by atoms with E-state index in [-0.39, 0.29) is 5.82 Å². The van der Waals surface area contributed by atoms with Crippen molar-refractivity contribution < 1.29 is 4.39 Å². The van der Waals surface area contributed by atoms with Crippen LogP contribution in [0.2, 0.25) is 0 Å². The molecule has 76 valence electrons. The van der Waals surface area contributed by atoms with Crippen LogP contribution < -0.4 is 11.1 Å². The highest BCUT2D eigenvalue weighted by atomic mass is 19.1. The zero-order valence-electron chi connectivity index (χ0n) is 8.07. The molecule has 0 spiro atoms. The number of halogens is 1. The predicted molar refractivity (Wildman–Crippen MR) is 60.5 cm³/mol. The van der Waals surface area contributed by atoms with Crippen molar-refractivity contribution >= 4 is 17.1 Å². The normalized spacial score (nSPS) is 9.93. The van der Waals surface area contributed by atoms with Crippen LogP contribution in [0.3, 0.4) is 0 Å². The Hall–Kier alpha value is -2.03. The van der Waals surface area contributed by atoms with Crippen LogP contribution in [0.4, 0.5) is 21.5 Å². The molecule has 0 aliphatic heterocycles. The van der Waals surface area contributed by atoms with Gasteiger partial charge in [-0.3, -0.25) is 0 Å². The van der Waals surface area contributed by atoms with E-state index in [0.717, 1.165) is 5.69 Å². The number of nitrogens with two attached hydrogens (primary N) is 1. The Morgan fingerprint density at radius 2 is 1.73 bits per heavy atom. The van der Waals surface area contributed by atoms with Gasteiger partial charge in [0.1, 0.15) is 5.82 Å². The fourth-order valence-electron chi connectivity index (χ4n) is 1.31. The molecule has 0 heterocycles. The molecule has 0 saturated carbocycles. The molecule has 2 aromatic rings. The summed E-state index contributed by atoms with van der Waals surface area (Å²) in [7, 11) is 0. The molecule has 0 aromatic heterocycles. The van der Waals surface area contributed by atoms with Gasteiger partial charge in [-0.05, 0) is 30.3 Å². The van der Waals surface area contributed by atoms with Crippen LogP contribution in [-0.2, 0) is 0 Å². The second-order valence-corrected chi connectivity index (χ2v) is 3.23. The van der Waals surface area contributed by atoms with Gasteiger partial charge in [0, 0.05) is 11.4 Å². The van der Waals surface area contributed by atoms with E-state index in [9.17, 15) is 4.39 Å². The molecule has 0 radical (unpaired) electrons. The maximum atomic E-state index is 13.4. The summed E-state index contributed by atoms with van der Waals surface area (Å²) in [5.74, 6) is -0.348. The van der Waals surface area contributed by atoms with Crippen molar-refractivity contribution in [2.24, 2.45) is 0 Å². The average molecular weight is 202 g/mol. The van der Waals surface area contributed by atoms with E-state index in [1.54, 1.807) is 12.1 Å². The summed E-state index contributed by atoms with van der Waals surface area (Å²) in [6.07, 6.45) is 0. The number of nitrogens with one attached hydrogen (secondary N) is 1. The minimum atomic E-state index is -0.348. The summed E-state index contributed by atoms with van der Waals surface area (Å²) in [4.78, 5) is 0. The fourth-order valence-corrected chi connectivity index (χ4v) is 1.31. The molecule has 2 nitrogen and oxygen atoms in total. The Morgan fingerprint density at radius 1 is 1.00 bits per heavy atom. The molecular weight excluding hydrogens is 191 g/mol. The van der Waals surface area contributed by atoms with Gasteiger partial charge >= 0.3 is 0 Å². The summed E-state index contributed by atoms with van der Waals surface area (Å²) < 4.78 is 13.4. The molecule has 2 aromatic carbocycles. The maximum Gasteiger partial charge on any atom is 0.148 e. The number of benzene rings is 2. The first-order valence-corrected chi connectivity index (χ1v) is 4.63. The number of para-hydroxylation sites is 1. The Labute approximate surface area is 87.5 Å². The van der Waals surface area contributed by atoms with Crippen molar-refractivity contribution in [1.29, 1.82) is 0 Å². The first kappa shape index (κ1) is 9.52. The van der Waals surface area contributed by atoms with Crippen LogP contribution in [0, 0.1) is 5.82 Å². The van der Waals surface area contributed by atoms with E-state index in [4.69, 9.17) is 5.73 Å². The van der Waals surface area contributed by atoms with Gasteiger partial charge in [0.2, 0.25) is 0 Å². The molecule has 0 atom stereocenters. The monoisotopic (exact) mass is 202 g/mol. The zero-order valence-corrected chi connectivity index (χ0v) is 8.07. The Kier molecular flexibility index (Phi) is 2.54. The van der Waals surface area contributed by atoms with Crippen molar-refractivity contribution in [3.63, 3.8) is 0 Å². The third kappa shape index (κ3) is 2.26. The van der Waals surface area contributed by atoms with E-state index in [0.29, 0.717) is 11.4 Å². The zero-order chi connectivity index (χ0) is 10.7. The smallest absolute Gasteiger partial charge is 0.148 e. The molecule has 0 saturated heterocycles. The molecule has 0 aliphatic carbocycles. The minimum absolute atomic E-state index is 0.348. The van der Waals surface area contributed by atoms with Crippen LogP contribution in [0.25, 0.3) is 0 Å². The fraction of sp³-hybridized carbons (Fsp3) is 0. The molecule has 0 unspecified atom stereocenters. The highest BCUT2D eigenvalue weighted by Gasteiger charge is 2.01. The molecule has 15 heavy (non-hydrogen) atoms. The quantitative estimate of drug-likeness (QED) is 0.734. The topological polar surface area (TPSA) is 38.0 Å². The SMILES string of the molecule is Nc1ccc(Nc2ccccc2)c(F)c1. The number of hydrogen-bond donors (Lipinski definition) is 2. The minimum Gasteiger partial charge on any atom is -0.399 e. The summed E-state index contributed by atoms with van der Waals surface area (Å²) in [6, 6.07) is 14.0.